The number of aliphatic carboxylic acids is 1. The van der Waals surface area contributed by atoms with Gasteiger partial charge in [0.2, 0.25) is 0 Å². The monoisotopic (exact) mass is 362 g/mol. The maximum absolute atomic E-state index is 12.8. The predicted octanol–water partition coefficient (Wildman–Crippen LogP) is 3.68. The fourth-order valence-electron chi connectivity index (χ4n) is 2.95. The van der Waals surface area contributed by atoms with Gasteiger partial charge in [0.25, 0.3) is 5.91 Å². The van der Waals surface area contributed by atoms with Gasteiger partial charge in [0.15, 0.2) is 4.80 Å². The summed E-state index contributed by atoms with van der Waals surface area (Å²) < 4.78 is 2.45. The number of carboxylic acid groups (broad SMARTS) is 1. The highest BCUT2D eigenvalue weighted by Gasteiger charge is 2.12. The SMILES string of the molecule is O=C(O)Cn1c(=NC(=O)c2cccc3ccccc23)sc2ccccc21. The van der Waals surface area contributed by atoms with Gasteiger partial charge in [-0.05, 0) is 29.0 Å². The van der Waals surface area contributed by atoms with Gasteiger partial charge in [0.1, 0.15) is 6.54 Å². The minimum absolute atomic E-state index is 0.244. The van der Waals surface area contributed by atoms with E-state index in [2.05, 4.69) is 4.99 Å². The molecule has 1 aromatic heterocycles. The van der Waals surface area contributed by atoms with E-state index in [4.69, 9.17) is 0 Å². The van der Waals surface area contributed by atoms with Crippen LogP contribution in [0.5, 0.6) is 0 Å². The summed E-state index contributed by atoms with van der Waals surface area (Å²) in [6.45, 7) is -0.244. The molecule has 4 rings (SSSR count). The van der Waals surface area contributed by atoms with Gasteiger partial charge in [-0.25, -0.2) is 0 Å². The second-order valence-electron chi connectivity index (χ2n) is 5.78. The highest BCUT2D eigenvalue weighted by Crippen LogP contribution is 2.20. The van der Waals surface area contributed by atoms with Gasteiger partial charge in [-0.2, -0.15) is 4.99 Å². The van der Waals surface area contributed by atoms with Gasteiger partial charge in [-0.1, -0.05) is 59.9 Å². The quantitative estimate of drug-likeness (QED) is 0.604. The average Bonchev–Trinajstić information content (AvgIpc) is 2.98. The van der Waals surface area contributed by atoms with Crippen LogP contribution in [0.3, 0.4) is 0 Å². The fourth-order valence-corrected chi connectivity index (χ4v) is 3.98. The molecular weight excluding hydrogens is 348 g/mol. The Morgan fingerprint density at radius 1 is 0.962 bits per heavy atom. The number of hydrogen-bond donors (Lipinski definition) is 1. The number of fused-ring (bicyclic) bond motifs is 2. The van der Waals surface area contributed by atoms with Gasteiger partial charge < -0.3 is 9.67 Å². The molecule has 0 radical (unpaired) electrons. The van der Waals surface area contributed by atoms with Crippen molar-refractivity contribution in [3.63, 3.8) is 0 Å². The highest BCUT2D eigenvalue weighted by molar-refractivity contribution is 7.16. The third-order valence-corrected chi connectivity index (χ3v) is 5.16. The zero-order chi connectivity index (χ0) is 18.1. The van der Waals surface area contributed by atoms with Crippen LogP contribution in [0.2, 0.25) is 0 Å². The van der Waals surface area contributed by atoms with Crippen LogP contribution in [0, 0.1) is 0 Å². The largest absolute Gasteiger partial charge is 0.480 e. The Kier molecular flexibility index (Phi) is 4.10. The number of carbonyl (C=O) groups excluding carboxylic acids is 1. The summed E-state index contributed by atoms with van der Waals surface area (Å²) in [5, 5.41) is 11.0. The van der Waals surface area contributed by atoms with Crippen molar-refractivity contribution >= 4 is 44.2 Å². The van der Waals surface area contributed by atoms with E-state index in [9.17, 15) is 14.7 Å². The van der Waals surface area contributed by atoms with E-state index < -0.39 is 5.97 Å². The molecule has 128 valence electrons. The topological polar surface area (TPSA) is 71.7 Å². The van der Waals surface area contributed by atoms with E-state index >= 15 is 0 Å². The fraction of sp³-hybridized carbons (Fsp3) is 0.0500. The van der Waals surface area contributed by atoms with Crippen molar-refractivity contribution in [3.8, 4) is 0 Å². The minimum Gasteiger partial charge on any atom is -0.480 e. The Hall–Kier alpha value is -3.25. The summed E-state index contributed by atoms with van der Waals surface area (Å²) in [5.74, 6) is -1.36. The lowest BCUT2D eigenvalue weighted by Gasteiger charge is -2.03. The Bertz CT molecular complexity index is 1220. The van der Waals surface area contributed by atoms with E-state index in [0.29, 0.717) is 10.4 Å². The molecule has 0 saturated heterocycles. The molecule has 4 aromatic rings. The number of benzene rings is 3. The van der Waals surface area contributed by atoms with Crippen molar-refractivity contribution in [1.29, 1.82) is 0 Å². The Labute approximate surface area is 152 Å². The van der Waals surface area contributed by atoms with Gasteiger partial charge in [0, 0.05) is 5.56 Å². The number of carbonyl (C=O) groups is 2. The van der Waals surface area contributed by atoms with Crippen LogP contribution in [0.15, 0.2) is 71.7 Å². The van der Waals surface area contributed by atoms with E-state index in [1.54, 1.807) is 10.6 Å². The first kappa shape index (κ1) is 16.2. The maximum atomic E-state index is 12.8. The van der Waals surface area contributed by atoms with Gasteiger partial charge in [0.05, 0.1) is 10.2 Å². The lowest BCUT2D eigenvalue weighted by Crippen LogP contribution is -2.21. The van der Waals surface area contributed by atoms with Crippen LogP contribution in [0.4, 0.5) is 0 Å². The van der Waals surface area contributed by atoms with Crippen LogP contribution in [-0.4, -0.2) is 21.6 Å². The standard InChI is InChI=1S/C20H14N2O3S/c23-18(24)12-22-16-10-3-4-11-17(16)26-20(22)21-19(25)15-9-5-7-13-6-1-2-8-14(13)15/h1-11H,12H2,(H,23,24). The highest BCUT2D eigenvalue weighted by atomic mass is 32.1. The van der Waals surface area contributed by atoms with Crippen molar-refractivity contribution in [2.45, 2.75) is 6.54 Å². The number of carboxylic acids is 1. The summed E-state index contributed by atoms with van der Waals surface area (Å²) in [6.07, 6.45) is 0. The van der Waals surface area contributed by atoms with Crippen LogP contribution < -0.4 is 4.80 Å². The van der Waals surface area contributed by atoms with Crippen molar-refractivity contribution in [1.82, 2.24) is 4.57 Å². The van der Waals surface area contributed by atoms with Gasteiger partial charge in [-0.3, -0.25) is 9.59 Å². The number of thiazole rings is 1. The van der Waals surface area contributed by atoms with Gasteiger partial charge >= 0.3 is 5.97 Å². The molecule has 0 aliphatic rings. The van der Waals surface area contributed by atoms with Crippen LogP contribution in [0.25, 0.3) is 21.0 Å². The lowest BCUT2D eigenvalue weighted by atomic mass is 10.0. The first-order valence-electron chi connectivity index (χ1n) is 8.00. The first-order valence-corrected chi connectivity index (χ1v) is 8.82. The average molecular weight is 362 g/mol. The molecule has 0 spiro atoms. The summed E-state index contributed by atoms with van der Waals surface area (Å²) in [5.41, 5.74) is 1.26. The van der Waals surface area contributed by atoms with Crippen LogP contribution >= 0.6 is 11.3 Å². The lowest BCUT2D eigenvalue weighted by molar-refractivity contribution is -0.137. The number of amides is 1. The number of rotatable bonds is 3. The van der Waals surface area contributed by atoms with E-state index in [1.807, 2.05) is 60.7 Å². The second kappa shape index (κ2) is 6.57. The molecule has 6 heteroatoms. The summed E-state index contributed by atoms with van der Waals surface area (Å²) in [6, 6.07) is 20.6. The molecule has 1 heterocycles. The summed E-state index contributed by atoms with van der Waals surface area (Å²) in [4.78, 5) is 28.7. The molecular formula is C20H14N2O3S. The molecule has 0 atom stereocenters. The Balaban J connectivity index is 1.90. The van der Waals surface area contributed by atoms with Crippen molar-refractivity contribution in [3.05, 3.63) is 77.1 Å². The van der Waals surface area contributed by atoms with Crippen LogP contribution in [-0.2, 0) is 11.3 Å². The zero-order valence-electron chi connectivity index (χ0n) is 13.6. The molecule has 0 unspecified atom stereocenters. The normalized spacial score (nSPS) is 11.9. The van der Waals surface area contributed by atoms with Crippen molar-refractivity contribution in [2.75, 3.05) is 0 Å². The van der Waals surface area contributed by atoms with Crippen LogP contribution in [0.1, 0.15) is 10.4 Å². The molecule has 1 N–H and O–H groups in total. The summed E-state index contributed by atoms with van der Waals surface area (Å²) >= 11 is 1.31. The molecule has 0 bridgehead atoms. The third-order valence-electron chi connectivity index (χ3n) is 4.10. The zero-order valence-corrected chi connectivity index (χ0v) is 14.4. The molecule has 26 heavy (non-hydrogen) atoms. The number of aromatic nitrogens is 1. The van der Waals surface area contributed by atoms with E-state index in [1.165, 1.54) is 11.3 Å². The number of para-hydroxylation sites is 1. The summed E-state index contributed by atoms with van der Waals surface area (Å²) in [7, 11) is 0. The molecule has 0 fully saturated rings. The van der Waals surface area contributed by atoms with Crippen molar-refractivity contribution in [2.24, 2.45) is 4.99 Å². The molecule has 0 aliphatic heterocycles. The van der Waals surface area contributed by atoms with E-state index in [-0.39, 0.29) is 12.5 Å². The molecule has 0 aliphatic carbocycles. The number of nitrogens with zero attached hydrogens (tertiary/aromatic N) is 2. The third kappa shape index (κ3) is 2.91. The minimum atomic E-state index is -0.979. The van der Waals surface area contributed by atoms with E-state index in [0.717, 1.165) is 21.0 Å². The second-order valence-corrected chi connectivity index (χ2v) is 6.79. The molecule has 5 nitrogen and oxygen atoms in total. The Morgan fingerprint density at radius 3 is 2.54 bits per heavy atom. The van der Waals surface area contributed by atoms with Crippen molar-refractivity contribution < 1.29 is 14.7 Å². The molecule has 0 saturated carbocycles. The predicted molar refractivity (Wildman–Crippen MR) is 101 cm³/mol. The first-order chi connectivity index (χ1) is 12.6. The molecule has 3 aromatic carbocycles. The smallest absolute Gasteiger partial charge is 0.323 e. The number of hydrogen-bond acceptors (Lipinski definition) is 3. The Morgan fingerprint density at radius 2 is 1.69 bits per heavy atom. The molecule has 1 amide bonds. The maximum Gasteiger partial charge on any atom is 0.323 e. The van der Waals surface area contributed by atoms with Gasteiger partial charge in [-0.15, -0.1) is 0 Å².